The number of benzene rings is 2. The van der Waals surface area contributed by atoms with Crippen LogP contribution in [0.4, 0.5) is 0 Å². The lowest BCUT2D eigenvalue weighted by molar-refractivity contribution is -0.158. The third kappa shape index (κ3) is 4.97. The van der Waals surface area contributed by atoms with Crippen LogP contribution in [-0.2, 0) is 17.6 Å². The molecule has 0 radical (unpaired) electrons. The molecule has 2 aromatic carbocycles. The number of hydrogen-bond acceptors (Lipinski definition) is 2. The molecular formula is C30H38ClNO2. The number of piperidine rings is 1. The zero-order valence-corrected chi connectivity index (χ0v) is 21.0. The van der Waals surface area contributed by atoms with Gasteiger partial charge in [0.1, 0.15) is 0 Å². The van der Waals surface area contributed by atoms with Crippen LogP contribution in [0.1, 0.15) is 73.6 Å². The summed E-state index contributed by atoms with van der Waals surface area (Å²) < 4.78 is 0. The predicted molar refractivity (Wildman–Crippen MR) is 142 cm³/mol. The van der Waals surface area contributed by atoms with E-state index in [0.717, 1.165) is 64.6 Å². The summed E-state index contributed by atoms with van der Waals surface area (Å²) in [6, 6.07) is 17.7. The molecule has 0 spiro atoms. The molecule has 3 aliphatic rings. The Labute approximate surface area is 210 Å². The SMILES string of the molecule is Cl.O=C(O)C1(C2CCCCC2)CCN(CCC=C2c3ccccc3CCc3ccccc32)CC1. The molecule has 1 heterocycles. The number of hydrogen-bond donors (Lipinski definition) is 1. The normalized spacial score (nSPS) is 20.4. The highest BCUT2D eigenvalue weighted by atomic mass is 35.5. The molecule has 1 aliphatic heterocycles. The van der Waals surface area contributed by atoms with Crippen LogP contribution < -0.4 is 0 Å². The molecule has 2 aromatic rings. The van der Waals surface area contributed by atoms with E-state index in [1.807, 2.05) is 0 Å². The van der Waals surface area contributed by atoms with Crippen LogP contribution in [-0.4, -0.2) is 35.6 Å². The maximum absolute atomic E-state index is 12.3. The molecule has 2 fully saturated rings. The summed E-state index contributed by atoms with van der Waals surface area (Å²) in [5.74, 6) is -0.158. The van der Waals surface area contributed by atoms with Crippen LogP contribution in [0.2, 0.25) is 0 Å². The summed E-state index contributed by atoms with van der Waals surface area (Å²) in [7, 11) is 0. The van der Waals surface area contributed by atoms with Gasteiger partial charge in [-0.3, -0.25) is 4.79 Å². The molecule has 0 amide bonds. The van der Waals surface area contributed by atoms with E-state index in [9.17, 15) is 9.90 Å². The Kier molecular flexibility index (Phi) is 8.16. The molecule has 4 heteroatoms. The Bertz CT molecular complexity index is 966. The first-order chi connectivity index (χ1) is 16.2. The van der Waals surface area contributed by atoms with Crippen LogP contribution >= 0.6 is 12.4 Å². The molecular weight excluding hydrogens is 442 g/mol. The Balaban J connectivity index is 0.00000274. The van der Waals surface area contributed by atoms with E-state index >= 15 is 0 Å². The molecule has 1 N–H and O–H groups in total. The second-order valence-electron chi connectivity index (χ2n) is 10.4. The molecule has 2 aliphatic carbocycles. The van der Waals surface area contributed by atoms with Crippen LogP contribution in [0, 0.1) is 11.3 Å². The first-order valence-corrected chi connectivity index (χ1v) is 13.0. The highest BCUT2D eigenvalue weighted by Crippen LogP contribution is 2.46. The largest absolute Gasteiger partial charge is 0.481 e. The van der Waals surface area contributed by atoms with Crippen LogP contribution in [0.25, 0.3) is 5.57 Å². The van der Waals surface area contributed by atoms with Gasteiger partial charge in [-0.2, -0.15) is 0 Å². The van der Waals surface area contributed by atoms with Crippen molar-refractivity contribution in [2.75, 3.05) is 19.6 Å². The van der Waals surface area contributed by atoms with Gasteiger partial charge in [-0.05, 0) is 91.8 Å². The van der Waals surface area contributed by atoms with Gasteiger partial charge in [0.2, 0.25) is 0 Å². The van der Waals surface area contributed by atoms with Crippen molar-refractivity contribution in [3.63, 3.8) is 0 Å². The molecule has 0 aromatic heterocycles. The fourth-order valence-electron chi connectivity index (χ4n) is 6.66. The van der Waals surface area contributed by atoms with E-state index in [1.165, 1.54) is 47.1 Å². The molecule has 1 saturated heterocycles. The second-order valence-corrected chi connectivity index (χ2v) is 10.4. The van der Waals surface area contributed by atoms with E-state index in [2.05, 4.69) is 59.5 Å². The van der Waals surface area contributed by atoms with Gasteiger partial charge in [-0.25, -0.2) is 0 Å². The van der Waals surface area contributed by atoms with E-state index < -0.39 is 11.4 Å². The topological polar surface area (TPSA) is 40.5 Å². The van der Waals surface area contributed by atoms with Crippen molar-refractivity contribution < 1.29 is 9.90 Å². The molecule has 0 atom stereocenters. The fourth-order valence-corrected chi connectivity index (χ4v) is 6.66. The Morgan fingerprint density at radius 1 is 0.912 bits per heavy atom. The van der Waals surface area contributed by atoms with Crippen molar-refractivity contribution in [3.8, 4) is 0 Å². The number of carbonyl (C=O) groups is 1. The third-order valence-corrected chi connectivity index (χ3v) is 8.63. The Morgan fingerprint density at radius 2 is 1.47 bits per heavy atom. The van der Waals surface area contributed by atoms with Crippen molar-refractivity contribution in [1.29, 1.82) is 0 Å². The first kappa shape index (κ1) is 25.0. The van der Waals surface area contributed by atoms with Crippen LogP contribution in [0.3, 0.4) is 0 Å². The number of likely N-dealkylation sites (tertiary alicyclic amines) is 1. The van der Waals surface area contributed by atoms with E-state index in [0.29, 0.717) is 5.92 Å². The van der Waals surface area contributed by atoms with Crippen molar-refractivity contribution in [1.82, 2.24) is 4.90 Å². The highest BCUT2D eigenvalue weighted by molar-refractivity contribution is 5.85. The van der Waals surface area contributed by atoms with Gasteiger partial charge in [-0.15, -0.1) is 12.4 Å². The minimum absolute atomic E-state index is 0. The summed E-state index contributed by atoms with van der Waals surface area (Å²) in [6.07, 6.45) is 13.2. The summed E-state index contributed by atoms with van der Waals surface area (Å²) in [5.41, 5.74) is 6.53. The molecule has 34 heavy (non-hydrogen) atoms. The number of carboxylic acids is 1. The molecule has 1 saturated carbocycles. The summed E-state index contributed by atoms with van der Waals surface area (Å²) in [5, 5.41) is 10.2. The van der Waals surface area contributed by atoms with Gasteiger partial charge in [0.15, 0.2) is 0 Å². The molecule has 3 nitrogen and oxygen atoms in total. The van der Waals surface area contributed by atoms with Gasteiger partial charge >= 0.3 is 5.97 Å². The van der Waals surface area contributed by atoms with Gasteiger partial charge in [0.25, 0.3) is 0 Å². The maximum atomic E-state index is 12.3. The minimum atomic E-state index is -0.539. The lowest BCUT2D eigenvalue weighted by Crippen LogP contribution is -2.49. The lowest BCUT2D eigenvalue weighted by Gasteiger charge is -2.45. The summed E-state index contributed by atoms with van der Waals surface area (Å²) in [4.78, 5) is 14.8. The number of fused-ring (bicyclic) bond motifs is 2. The van der Waals surface area contributed by atoms with E-state index in [1.54, 1.807) is 0 Å². The predicted octanol–water partition coefficient (Wildman–Crippen LogP) is 6.78. The average molecular weight is 480 g/mol. The van der Waals surface area contributed by atoms with Crippen molar-refractivity contribution in [2.45, 2.75) is 64.2 Å². The molecule has 5 rings (SSSR count). The maximum Gasteiger partial charge on any atom is 0.310 e. The summed E-state index contributed by atoms with van der Waals surface area (Å²) in [6.45, 7) is 2.84. The monoisotopic (exact) mass is 479 g/mol. The standard InChI is InChI=1S/C30H37NO2.ClH/c32-29(33)30(25-11-2-1-3-12-25)18-21-31(22-19-30)20-8-15-28-26-13-6-4-9-23(26)16-17-24-10-5-7-14-27(24)28;/h4-7,9-10,13-15,25H,1-3,8,11-12,16-22H2,(H,32,33);1H. The molecule has 182 valence electrons. The number of aryl methyl sites for hydroxylation is 2. The number of rotatable bonds is 5. The average Bonchev–Trinajstić information content (AvgIpc) is 3.02. The van der Waals surface area contributed by atoms with Gasteiger partial charge in [0.05, 0.1) is 5.41 Å². The van der Waals surface area contributed by atoms with Gasteiger partial charge in [-0.1, -0.05) is 73.9 Å². The van der Waals surface area contributed by atoms with E-state index in [-0.39, 0.29) is 12.4 Å². The van der Waals surface area contributed by atoms with Crippen molar-refractivity contribution in [3.05, 3.63) is 76.9 Å². The van der Waals surface area contributed by atoms with Crippen LogP contribution in [0.5, 0.6) is 0 Å². The first-order valence-electron chi connectivity index (χ1n) is 13.0. The molecule has 0 bridgehead atoms. The van der Waals surface area contributed by atoms with Crippen molar-refractivity contribution in [2.24, 2.45) is 11.3 Å². The van der Waals surface area contributed by atoms with Gasteiger partial charge < -0.3 is 10.0 Å². The lowest BCUT2D eigenvalue weighted by atomic mass is 9.64. The summed E-state index contributed by atoms with van der Waals surface area (Å²) >= 11 is 0. The number of halogens is 1. The number of aliphatic carboxylic acids is 1. The van der Waals surface area contributed by atoms with E-state index in [4.69, 9.17) is 0 Å². The fraction of sp³-hybridized carbons (Fsp3) is 0.500. The quantitative estimate of drug-likeness (QED) is 0.514. The minimum Gasteiger partial charge on any atom is -0.481 e. The van der Waals surface area contributed by atoms with Crippen molar-refractivity contribution >= 4 is 23.9 Å². The zero-order valence-electron chi connectivity index (χ0n) is 20.2. The molecule has 0 unspecified atom stereocenters. The van der Waals surface area contributed by atoms with Gasteiger partial charge in [0, 0.05) is 6.54 Å². The zero-order chi connectivity index (χ0) is 22.7. The third-order valence-electron chi connectivity index (χ3n) is 8.63. The second kappa shape index (κ2) is 11.1. The smallest absolute Gasteiger partial charge is 0.310 e. The Morgan fingerprint density at radius 3 is 2.03 bits per heavy atom. The number of nitrogens with zero attached hydrogens (tertiary/aromatic N) is 1. The highest BCUT2D eigenvalue weighted by Gasteiger charge is 2.47. The van der Waals surface area contributed by atoms with Crippen LogP contribution in [0.15, 0.2) is 54.6 Å². The Hall–Kier alpha value is -2.10. The number of carboxylic acid groups (broad SMARTS) is 1.